The number of hydrogen-bond acceptors (Lipinski definition) is 5. The van der Waals surface area contributed by atoms with E-state index in [0.717, 1.165) is 45.4 Å². The smallest absolute Gasteiger partial charge is 0.327 e. The molecule has 2 unspecified atom stereocenters. The van der Waals surface area contributed by atoms with Crippen LogP contribution in [0.2, 0.25) is 0 Å². The number of methoxy groups -OCH3 is 1. The Morgan fingerprint density at radius 2 is 2.16 bits per heavy atom. The van der Waals surface area contributed by atoms with Gasteiger partial charge in [-0.05, 0) is 45.1 Å². The second-order valence-electron chi connectivity index (χ2n) is 5.76. The van der Waals surface area contributed by atoms with Crippen molar-refractivity contribution >= 4 is 5.97 Å². The molecule has 1 saturated carbocycles. The highest BCUT2D eigenvalue weighted by molar-refractivity contribution is 5.81. The predicted octanol–water partition coefficient (Wildman–Crippen LogP) is 0.768. The molecule has 2 aliphatic rings. The molecule has 2 N–H and O–H groups in total. The van der Waals surface area contributed by atoms with Crippen molar-refractivity contribution in [1.82, 2.24) is 4.90 Å². The average molecular weight is 270 g/mol. The summed E-state index contributed by atoms with van der Waals surface area (Å²) < 4.78 is 10.6. The Morgan fingerprint density at radius 1 is 1.42 bits per heavy atom. The van der Waals surface area contributed by atoms with Crippen molar-refractivity contribution in [2.24, 2.45) is 11.7 Å². The van der Waals surface area contributed by atoms with Crippen molar-refractivity contribution in [2.75, 3.05) is 33.4 Å². The summed E-state index contributed by atoms with van der Waals surface area (Å²) in [5, 5.41) is 0. The van der Waals surface area contributed by atoms with Crippen LogP contribution in [-0.4, -0.2) is 55.9 Å². The quantitative estimate of drug-likeness (QED) is 0.722. The SMILES string of the molecule is CCOC1CCCN(CC(N)(C(=O)OC)C2CC2)C1. The van der Waals surface area contributed by atoms with Gasteiger partial charge in [0.25, 0.3) is 0 Å². The lowest BCUT2D eigenvalue weighted by atomic mass is 9.92. The molecular formula is C14H26N2O3. The van der Waals surface area contributed by atoms with Gasteiger partial charge in [0.15, 0.2) is 0 Å². The summed E-state index contributed by atoms with van der Waals surface area (Å²) in [6.45, 7) is 5.22. The van der Waals surface area contributed by atoms with Gasteiger partial charge in [-0.2, -0.15) is 0 Å². The molecule has 0 amide bonds. The monoisotopic (exact) mass is 270 g/mol. The van der Waals surface area contributed by atoms with Gasteiger partial charge in [-0.25, -0.2) is 0 Å². The van der Waals surface area contributed by atoms with E-state index in [-0.39, 0.29) is 18.0 Å². The number of nitrogens with two attached hydrogens (primary N) is 1. The highest BCUT2D eigenvalue weighted by atomic mass is 16.5. The molecule has 1 heterocycles. The van der Waals surface area contributed by atoms with Crippen molar-refractivity contribution < 1.29 is 14.3 Å². The first-order valence-electron chi connectivity index (χ1n) is 7.31. The van der Waals surface area contributed by atoms with Crippen molar-refractivity contribution in [3.8, 4) is 0 Å². The van der Waals surface area contributed by atoms with Gasteiger partial charge in [0.1, 0.15) is 5.54 Å². The summed E-state index contributed by atoms with van der Waals surface area (Å²) in [7, 11) is 1.42. The summed E-state index contributed by atoms with van der Waals surface area (Å²) in [5.74, 6) is 0.0148. The molecule has 5 heteroatoms. The molecule has 110 valence electrons. The Balaban J connectivity index is 1.95. The third kappa shape index (κ3) is 3.46. The topological polar surface area (TPSA) is 64.8 Å². The standard InChI is InChI=1S/C14H26N2O3/c1-3-19-12-5-4-8-16(9-12)10-14(15,11-6-7-11)13(17)18-2/h11-12H,3-10,15H2,1-2H3. The van der Waals surface area contributed by atoms with E-state index in [1.807, 2.05) is 6.92 Å². The molecule has 0 aromatic rings. The molecule has 0 aromatic carbocycles. The number of carbonyl (C=O) groups is 1. The lowest BCUT2D eigenvalue weighted by molar-refractivity contribution is -0.149. The number of rotatable bonds is 6. The van der Waals surface area contributed by atoms with Crippen LogP contribution in [0, 0.1) is 5.92 Å². The van der Waals surface area contributed by atoms with Crippen molar-refractivity contribution in [1.29, 1.82) is 0 Å². The van der Waals surface area contributed by atoms with Gasteiger partial charge >= 0.3 is 5.97 Å². The Hall–Kier alpha value is -0.650. The molecule has 19 heavy (non-hydrogen) atoms. The number of likely N-dealkylation sites (tertiary alicyclic amines) is 1. The van der Waals surface area contributed by atoms with Crippen LogP contribution in [0.4, 0.5) is 0 Å². The minimum Gasteiger partial charge on any atom is -0.468 e. The summed E-state index contributed by atoms with van der Waals surface area (Å²) in [4.78, 5) is 14.3. The van der Waals surface area contributed by atoms with Crippen LogP contribution in [0.15, 0.2) is 0 Å². The minimum atomic E-state index is -0.831. The first-order valence-corrected chi connectivity index (χ1v) is 7.31. The zero-order chi connectivity index (χ0) is 13.9. The molecule has 2 atom stereocenters. The lowest BCUT2D eigenvalue weighted by Gasteiger charge is -2.38. The third-order valence-electron chi connectivity index (χ3n) is 4.22. The van der Waals surface area contributed by atoms with Gasteiger partial charge in [-0.3, -0.25) is 9.69 Å². The Kier molecular flexibility index (Phi) is 4.81. The lowest BCUT2D eigenvalue weighted by Crippen LogP contribution is -2.60. The fraction of sp³-hybridized carbons (Fsp3) is 0.929. The summed E-state index contributed by atoms with van der Waals surface area (Å²) in [6, 6.07) is 0. The number of nitrogens with zero attached hydrogens (tertiary/aromatic N) is 1. The molecule has 1 saturated heterocycles. The number of esters is 1. The molecule has 0 bridgehead atoms. The van der Waals surface area contributed by atoms with Crippen LogP contribution >= 0.6 is 0 Å². The number of carbonyl (C=O) groups excluding carboxylic acids is 1. The van der Waals surface area contributed by atoms with Gasteiger partial charge in [0.05, 0.1) is 13.2 Å². The molecule has 2 fully saturated rings. The fourth-order valence-electron chi connectivity index (χ4n) is 3.05. The van der Waals surface area contributed by atoms with E-state index in [0.29, 0.717) is 6.54 Å². The molecule has 5 nitrogen and oxygen atoms in total. The molecule has 0 aromatic heterocycles. The maximum atomic E-state index is 12.0. The Morgan fingerprint density at radius 3 is 2.74 bits per heavy atom. The summed E-state index contributed by atoms with van der Waals surface area (Å²) >= 11 is 0. The van der Waals surface area contributed by atoms with Gasteiger partial charge in [-0.1, -0.05) is 0 Å². The van der Waals surface area contributed by atoms with E-state index in [2.05, 4.69) is 4.90 Å². The Labute approximate surface area is 115 Å². The second-order valence-corrected chi connectivity index (χ2v) is 5.76. The molecular weight excluding hydrogens is 244 g/mol. The average Bonchev–Trinajstić information content (AvgIpc) is 3.23. The first-order chi connectivity index (χ1) is 9.10. The van der Waals surface area contributed by atoms with Crippen LogP contribution in [0.3, 0.4) is 0 Å². The molecule has 1 aliphatic heterocycles. The molecule has 2 rings (SSSR count). The van der Waals surface area contributed by atoms with Crippen molar-refractivity contribution in [2.45, 2.75) is 44.2 Å². The molecule has 1 aliphatic carbocycles. The third-order valence-corrected chi connectivity index (χ3v) is 4.22. The maximum absolute atomic E-state index is 12.0. The van der Waals surface area contributed by atoms with Gasteiger partial charge in [-0.15, -0.1) is 0 Å². The largest absolute Gasteiger partial charge is 0.468 e. The second kappa shape index (κ2) is 6.20. The number of hydrogen-bond donors (Lipinski definition) is 1. The highest BCUT2D eigenvalue weighted by Crippen LogP contribution is 2.39. The minimum absolute atomic E-state index is 0.270. The van der Waals surface area contributed by atoms with E-state index in [4.69, 9.17) is 15.2 Å². The number of ether oxygens (including phenoxy) is 2. The van der Waals surface area contributed by atoms with Crippen LogP contribution in [-0.2, 0) is 14.3 Å². The highest BCUT2D eigenvalue weighted by Gasteiger charge is 2.50. The van der Waals surface area contributed by atoms with Crippen LogP contribution < -0.4 is 5.73 Å². The van der Waals surface area contributed by atoms with Crippen LogP contribution in [0.25, 0.3) is 0 Å². The molecule has 0 radical (unpaired) electrons. The van der Waals surface area contributed by atoms with Gasteiger partial charge in [0, 0.05) is 19.7 Å². The summed E-state index contributed by atoms with van der Waals surface area (Å²) in [6.07, 6.45) is 4.55. The summed E-state index contributed by atoms with van der Waals surface area (Å²) in [5.41, 5.74) is 5.52. The zero-order valence-electron chi connectivity index (χ0n) is 12.1. The zero-order valence-corrected chi connectivity index (χ0v) is 12.1. The predicted molar refractivity (Wildman–Crippen MR) is 72.7 cm³/mol. The fourth-order valence-corrected chi connectivity index (χ4v) is 3.05. The van der Waals surface area contributed by atoms with Crippen molar-refractivity contribution in [3.05, 3.63) is 0 Å². The molecule has 0 spiro atoms. The van der Waals surface area contributed by atoms with E-state index in [1.54, 1.807) is 0 Å². The Bertz CT molecular complexity index is 318. The van der Waals surface area contributed by atoms with Crippen LogP contribution in [0.1, 0.15) is 32.6 Å². The first kappa shape index (κ1) is 14.8. The van der Waals surface area contributed by atoms with Gasteiger partial charge < -0.3 is 15.2 Å². The number of piperidine rings is 1. The van der Waals surface area contributed by atoms with Crippen LogP contribution in [0.5, 0.6) is 0 Å². The van der Waals surface area contributed by atoms with Gasteiger partial charge in [0.2, 0.25) is 0 Å². The maximum Gasteiger partial charge on any atom is 0.327 e. The van der Waals surface area contributed by atoms with Crippen molar-refractivity contribution in [3.63, 3.8) is 0 Å². The normalized spacial score (nSPS) is 27.8. The van der Waals surface area contributed by atoms with E-state index < -0.39 is 5.54 Å². The van der Waals surface area contributed by atoms with E-state index in [1.165, 1.54) is 7.11 Å². The van der Waals surface area contributed by atoms with E-state index >= 15 is 0 Å². The van der Waals surface area contributed by atoms with E-state index in [9.17, 15) is 4.79 Å².